The molecule has 0 spiro atoms. The van der Waals surface area contributed by atoms with E-state index >= 15 is 0 Å². The van der Waals surface area contributed by atoms with Gasteiger partial charge in [0.2, 0.25) is 0 Å². The molecule has 11 heterocycles. The van der Waals surface area contributed by atoms with Crippen LogP contribution in [0.3, 0.4) is 0 Å². The van der Waals surface area contributed by atoms with E-state index in [1.165, 1.54) is 74.1 Å². The number of aromatic nitrogens is 3. The molecule has 6 aliphatic rings. The van der Waals surface area contributed by atoms with Crippen LogP contribution in [0.25, 0.3) is 103 Å². The Kier molecular flexibility index (Phi) is 11.1. The monoisotopic (exact) mass is 1380 g/mol. The number of nitrogens with one attached hydrogen (secondary N) is 1. The van der Waals surface area contributed by atoms with E-state index in [1.807, 2.05) is 22.7 Å². The molecule has 0 saturated carbocycles. The SMILES string of the molecule is Cc1cc(C)c(N2c3cc4c(cc3B3c5cc6c(cc5Oc5cc(-n7c8ccccc8c8ccccc87)cc2c53)Oc2cc(-n3c5ccccc5c5ccccc53)cc3c2B6c2sc5ccccc5c2O3)B2c3sc5ccccc5c3Oc3cc(-n5c6ccccc6c6ccccc65)cc(c32)N4)c(C)c1. The maximum atomic E-state index is 7.85. The summed E-state index contributed by atoms with van der Waals surface area (Å²) in [5, 5.41) is 13.6. The number of nitrogens with zero attached hydrogens (tertiary/aromatic N) is 4. The number of anilines is 5. The molecular formula is C91H54B3N5O4S2. The van der Waals surface area contributed by atoms with Crippen LogP contribution >= 0.6 is 22.7 Å². The fraction of sp³-hybridized carbons (Fsp3) is 0.0330. The van der Waals surface area contributed by atoms with Crippen LogP contribution in [-0.2, 0) is 0 Å². The Bertz CT molecular complexity index is 7080. The normalized spacial score (nSPS) is 13.8. The summed E-state index contributed by atoms with van der Waals surface area (Å²) in [6.45, 7) is 6.02. The van der Waals surface area contributed by atoms with E-state index in [-0.39, 0.29) is 20.1 Å². The first-order valence-electron chi connectivity index (χ1n) is 36.0. The maximum Gasteiger partial charge on any atom is 0.273 e. The Balaban J connectivity index is 0.766. The summed E-state index contributed by atoms with van der Waals surface area (Å²) in [5.41, 5.74) is 26.5. The second-order valence-electron chi connectivity index (χ2n) is 29.2. The lowest BCUT2D eigenvalue weighted by Gasteiger charge is -2.43. The van der Waals surface area contributed by atoms with Crippen molar-refractivity contribution in [3.05, 3.63) is 284 Å². The van der Waals surface area contributed by atoms with Crippen LogP contribution in [0.5, 0.6) is 46.0 Å². The molecule has 0 atom stereocenters. The van der Waals surface area contributed by atoms with Crippen LogP contribution in [-0.4, -0.2) is 33.8 Å². The van der Waals surface area contributed by atoms with Crippen LogP contribution in [0.4, 0.5) is 28.4 Å². The average Bonchev–Trinajstić information content (AvgIpc) is 1.26. The van der Waals surface area contributed by atoms with Crippen molar-refractivity contribution in [2.24, 2.45) is 0 Å². The Morgan fingerprint density at radius 1 is 0.305 bits per heavy atom. The van der Waals surface area contributed by atoms with Gasteiger partial charge in [0.15, 0.2) is 0 Å². The van der Waals surface area contributed by atoms with Gasteiger partial charge < -0.3 is 42.9 Å². The number of ether oxygens (including phenoxy) is 4. The van der Waals surface area contributed by atoms with Gasteiger partial charge in [0, 0.05) is 121 Å². The van der Waals surface area contributed by atoms with Gasteiger partial charge in [-0.25, -0.2) is 0 Å². The Hall–Kier alpha value is -12.6. The van der Waals surface area contributed by atoms with Crippen molar-refractivity contribution in [2.45, 2.75) is 20.8 Å². The van der Waals surface area contributed by atoms with Crippen molar-refractivity contribution in [2.75, 3.05) is 10.2 Å². The number of aryl methyl sites for hydroxylation is 3. The molecule has 0 saturated heterocycles. The minimum atomic E-state index is -0.334. The van der Waals surface area contributed by atoms with Crippen molar-refractivity contribution in [1.82, 2.24) is 13.7 Å². The highest BCUT2D eigenvalue weighted by Gasteiger charge is 2.50. The minimum absolute atomic E-state index is 0.188. The average molecular weight is 1380 g/mol. The fourth-order valence-corrected chi connectivity index (χ4v) is 21.9. The van der Waals surface area contributed by atoms with Gasteiger partial charge in [-0.2, -0.15) is 0 Å². The first-order chi connectivity index (χ1) is 51.8. The molecule has 0 aliphatic carbocycles. The highest BCUT2D eigenvalue weighted by Crippen LogP contribution is 2.51. The first kappa shape index (κ1) is 57.0. The summed E-state index contributed by atoms with van der Waals surface area (Å²) in [6.07, 6.45) is 0. The molecule has 0 unspecified atom stereocenters. The predicted molar refractivity (Wildman–Crippen MR) is 439 cm³/mol. The molecule has 6 aliphatic heterocycles. The summed E-state index contributed by atoms with van der Waals surface area (Å²) in [6, 6.07) is 98.4. The third kappa shape index (κ3) is 7.53. The summed E-state index contributed by atoms with van der Waals surface area (Å²) < 4.78 is 42.2. The van der Waals surface area contributed by atoms with Crippen LogP contribution < -0.4 is 77.0 Å². The third-order valence-electron chi connectivity index (χ3n) is 23.4. The molecule has 19 aromatic rings. The quantitative estimate of drug-likeness (QED) is 0.177. The van der Waals surface area contributed by atoms with Crippen molar-refractivity contribution >= 4 is 205 Å². The topological polar surface area (TPSA) is 67.0 Å². The zero-order valence-corrected chi connectivity index (χ0v) is 58.5. The first-order valence-corrected chi connectivity index (χ1v) is 37.7. The van der Waals surface area contributed by atoms with Gasteiger partial charge in [0.05, 0.1) is 55.8 Å². The van der Waals surface area contributed by atoms with Gasteiger partial charge in [-0.15, -0.1) is 22.7 Å². The van der Waals surface area contributed by atoms with Gasteiger partial charge in [-0.3, -0.25) is 0 Å². The van der Waals surface area contributed by atoms with Gasteiger partial charge >= 0.3 is 0 Å². The molecule has 14 heteroatoms. The van der Waals surface area contributed by atoms with Crippen LogP contribution in [0.15, 0.2) is 267 Å². The van der Waals surface area contributed by atoms with E-state index in [4.69, 9.17) is 18.9 Å². The lowest BCUT2D eigenvalue weighted by atomic mass is 9.31. The molecule has 0 bridgehead atoms. The van der Waals surface area contributed by atoms with Gasteiger partial charge in [0.25, 0.3) is 20.1 Å². The zero-order chi connectivity index (χ0) is 68.5. The number of rotatable bonds is 4. The number of hydrogen-bond donors (Lipinski definition) is 1. The molecule has 25 rings (SSSR count). The van der Waals surface area contributed by atoms with E-state index in [2.05, 4.69) is 312 Å². The van der Waals surface area contributed by atoms with Crippen molar-refractivity contribution < 1.29 is 18.9 Å². The van der Waals surface area contributed by atoms with E-state index in [0.29, 0.717) is 0 Å². The van der Waals surface area contributed by atoms with E-state index < -0.39 is 0 Å². The summed E-state index contributed by atoms with van der Waals surface area (Å²) in [4.78, 5) is 2.59. The smallest absolute Gasteiger partial charge is 0.273 e. The molecule has 14 aromatic carbocycles. The zero-order valence-electron chi connectivity index (χ0n) is 56.9. The third-order valence-corrected chi connectivity index (χ3v) is 25.9. The van der Waals surface area contributed by atoms with Crippen molar-refractivity contribution in [1.29, 1.82) is 0 Å². The van der Waals surface area contributed by atoms with Gasteiger partial charge in [-0.05, 0) is 144 Å². The largest absolute Gasteiger partial charge is 0.458 e. The molecule has 0 radical (unpaired) electrons. The Labute approximate surface area is 610 Å². The molecule has 5 aromatic heterocycles. The van der Waals surface area contributed by atoms with Crippen LogP contribution in [0, 0.1) is 20.8 Å². The second kappa shape index (κ2) is 20.4. The lowest BCUT2D eigenvalue weighted by Crippen LogP contribution is -2.64. The molecule has 488 valence electrons. The Morgan fingerprint density at radius 2 is 0.695 bits per heavy atom. The molecular weight excluding hydrogens is 1320 g/mol. The molecule has 0 fully saturated rings. The predicted octanol–water partition coefficient (Wildman–Crippen LogP) is 18.1. The summed E-state index contributed by atoms with van der Waals surface area (Å²) >= 11 is 3.67. The molecule has 1 N–H and O–H groups in total. The molecule has 9 nitrogen and oxygen atoms in total. The highest BCUT2D eigenvalue weighted by molar-refractivity contribution is 7.34. The minimum Gasteiger partial charge on any atom is -0.458 e. The van der Waals surface area contributed by atoms with Crippen LogP contribution in [0.2, 0.25) is 0 Å². The van der Waals surface area contributed by atoms with Crippen molar-refractivity contribution in [3.63, 3.8) is 0 Å². The highest BCUT2D eigenvalue weighted by atomic mass is 32.1. The summed E-state index contributed by atoms with van der Waals surface area (Å²) in [5.74, 6) is 6.52. The number of para-hydroxylation sites is 6. The number of thiophene rings is 2. The van der Waals surface area contributed by atoms with E-state index in [1.54, 1.807) is 0 Å². The molecule has 0 amide bonds. The standard InChI is InChI=1S/C91H54B3N5O4S2/c1-48-36-49(2)87(50(3)37-48)99-74-46-66-62(93-84-67(95-66)38-51(40-78(84)102-88-60-26-10-18-34-82(60)104-90(88)93)96-68-28-12-4-20-54(68)55-21-5-13-29-69(55)96)44-63(74)92-64-45-65-77(47-76(64)100-79-41-52(39-75(99)85(79)92)97-70-30-14-6-22-56(70)57-23-7-15-31-71(57)97)101-80-42-53(98-72-32-16-8-24-58(72)59-25-9-17-33-73(59)98)43-81-86(80)94(65)91-89(103-81)61-27-11-19-35-83(61)105-91/h4-47,95H,1-3H3. The maximum absolute atomic E-state index is 7.85. The van der Waals surface area contributed by atoms with Crippen molar-refractivity contribution in [3.8, 4) is 63.1 Å². The summed E-state index contributed by atoms with van der Waals surface area (Å²) in [7, 11) is 0. The van der Waals surface area contributed by atoms with E-state index in [9.17, 15) is 0 Å². The van der Waals surface area contributed by atoms with Crippen LogP contribution in [0.1, 0.15) is 16.7 Å². The second-order valence-corrected chi connectivity index (χ2v) is 31.3. The van der Waals surface area contributed by atoms with E-state index in [0.717, 1.165) is 167 Å². The fourth-order valence-electron chi connectivity index (χ4n) is 19.4. The number of benzene rings is 14. The molecule has 105 heavy (non-hydrogen) atoms. The number of fused-ring (bicyclic) bond motifs is 25. The Morgan fingerprint density at radius 3 is 1.19 bits per heavy atom. The lowest BCUT2D eigenvalue weighted by molar-refractivity contribution is 0.457. The van der Waals surface area contributed by atoms with Gasteiger partial charge in [-0.1, -0.05) is 163 Å². The van der Waals surface area contributed by atoms with Gasteiger partial charge in [0.1, 0.15) is 46.0 Å². The number of hydrogen-bond acceptors (Lipinski definition) is 8.